The number of pyridine rings is 1. The van der Waals surface area contributed by atoms with E-state index in [0.29, 0.717) is 60.6 Å². The average Bonchev–Trinajstić information content (AvgIpc) is 3.30. The van der Waals surface area contributed by atoms with Gasteiger partial charge in [0.25, 0.3) is 17.1 Å². The van der Waals surface area contributed by atoms with Crippen molar-refractivity contribution in [2.24, 2.45) is 0 Å². The van der Waals surface area contributed by atoms with Gasteiger partial charge in [0, 0.05) is 19.3 Å². The standard InChI is InChI=1S/C22H23N9O4/c1-34-15-10-24-16(27-22(15)33)11-25-17(32)12-31-13-26-20-18(31)21(30-6-8-35-9-7-30)29-19(28-20)14-4-2-3-5-23-14/h2-5,10,13H,6-9,11-12H2,1H3,(H2,24,25,27,32,33)/p+1. The van der Waals surface area contributed by atoms with Gasteiger partial charge in [0.1, 0.15) is 11.5 Å². The van der Waals surface area contributed by atoms with Crippen LogP contribution < -0.4 is 25.1 Å². The van der Waals surface area contributed by atoms with E-state index in [9.17, 15) is 9.59 Å². The molecule has 0 aromatic carbocycles. The molecular weight excluding hydrogens is 454 g/mol. The number of nitrogens with zero attached hydrogens (tertiary/aromatic N) is 6. The number of nitrogens with one attached hydrogen (secondary N) is 3. The Kier molecular flexibility index (Phi) is 6.30. The Morgan fingerprint density at radius 2 is 2.11 bits per heavy atom. The number of methoxy groups -OCH3 is 1. The van der Waals surface area contributed by atoms with E-state index in [-0.39, 0.29) is 24.7 Å². The van der Waals surface area contributed by atoms with Gasteiger partial charge in [0.15, 0.2) is 18.2 Å². The SMILES string of the molecule is COc1cnc(CNC(=O)C[n+]2c[nH]c3nc(-c4ccccn4)nc(N4CCOCC4)c32)[nH]c1=O. The molecule has 13 heteroatoms. The van der Waals surface area contributed by atoms with Gasteiger partial charge in [-0.1, -0.05) is 6.07 Å². The molecule has 1 fully saturated rings. The quantitative estimate of drug-likeness (QED) is 0.300. The molecule has 0 radical (unpaired) electrons. The largest absolute Gasteiger partial charge is 0.490 e. The monoisotopic (exact) mass is 478 g/mol. The summed E-state index contributed by atoms with van der Waals surface area (Å²) in [4.78, 5) is 50.4. The van der Waals surface area contributed by atoms with Crippen molar-refractivity contribution < 1.29 is 18.8 Å². The van der Waals surface area contributed by atoms with Gasteiger partial charge in [0.2, 0.25) is 17.6 Å². The molecule has 0 saturated carbocycles. The molecule has 35 heavy (non-hydrogen) atoms. The van der Waals surface area contributed by atoms with Crippen LogP contribution in [0.4, 0.5) is 5.82 Å². The maximum absolute atomic E-state index is 12.7. The number of fused-ring (bicyclic) bond motifs is 1. The third-order valence-corrected chi connectivity index (χ3v) is 5.52. The normalized spacial score (nSPS) is 13.7. The first-order chi connectivity index (χ1) is 17.1. The van der Waals surface area contributed by atoms with Crippen LogP contribution in [0.5, 0.6) is 5.75 Å². The predicted molar refractivity (Wildman–Crippen MR) is 124 cm³/mol. The first kappa shape index (κ1) is 22.4. The lowest BCUT2D eigenvalue weighted by molar-refractivity contribution is -0.658. The average molecular weight is 478 g/mol. The molecule has 5 heterocycles. The van der Waals surface area contributed by atoms with E-state index in [1.807, 2.05) is 18.2 Å². The first-order valence-electron chi connectivity index (χ1n) is 11.0. The van der Waals surface area contributed by atoms with Crippen molar-refractivity contribution in [1.29, 1.82) is 0 Å². The summed E-state index contributed by atoms with van der Waals surface area (Å²) in [5.74, 6) is 1.36. The van der Waals surface area contributed by atoms with Crippen molar-refractivity contribution >= 4 is 22.9 Å². The second-order valence-electron chi connectivity index (χ2n) is 7.79. The molecule has 0 atom stereocenters. The van der Waals surface area contributed by atoms with Crippen LogP contribution in [-0.4, -0.2) is 69.2 Å². The number of carbonyl (C=O) groups excluding carboxylic acids is 1. The fraction of sp³-hybridized carbons (Fsp3) is 0.318. The minimum atomic E-state index is -0.409. The van der Waals surface area contributed by atoms with Gasteiger partial charge in [0.05, 0.1) is 33.1 Å². The van der Waals surface area contributed by atoms with E-state index in [4.69, 9.17) is 14.5 Å². The van der Waals surface area contributed by atoms with Crippen LogP contribution in [0, 0.1) is 0 Å². The van der Waals surface area contributed by atoms with E-state index in [1.54, 1.807) is 17.1 Å². The minimum Gasteiger partial charge on any atom is -0.490 e. The lowest BCUT2D eigenvalue weighted by atomic mass is 10.3. The molecule has 3 N–H and O–H groups in total. The number of amides is 1. The van der Waals surface area contributed by atoms with Gasteiger partial charge >= 0.3 is 0 Å². The highest BCUT2D eigenvalue weighted by Gasteiger charge is 2.26. The molecule has 0 bridgehead atoms. The highest BCUT2D eigenvalue weighted by atomic mass is 16.5. The Hall–Kier alpha value is -4.39. The fourth-order valence-corrected chi connectivity index (χ4v) is 3.79. The molecule has 4 aromatic rings. The van der Waals surface area contributed by atoms with Gasteiger partial charge in [-0.25, -0.2) is 19.5 Å². The summed E-state index contributed by atoms with van der Waals surface area (Å²) in [5, 5.41) is 2.77. The van der Waals surface area contributed by atoms with E-state index in [2.05, 4.69) is 35.1 Å². The Labute approximate surface area is 199 Å². The number of carbonyl (C=O) groups is 1. The lowest BCUT2D eigenvalue weighted by Crippen LogP contribution is -2.44. The molecule has 1 amide bonds. The van der Waals surface area contributed by atoms with Crippen molar-refractivity contribution in [1.82, 2.24) is 35.2 Å². The molecule has 0 aliphatic carbocycles. The Morgan fingerprint density at radius 1 is 1.26 bits per heavy atom. The van der Waals surface area contributed by atoms with Crippen LogP contribution in [-0.2, 0) is 22.6 Å². The third-order valence-electron chi connectivity index (χ3n) is 5.52. The Bertz CT molecular complexity index is 1400. The summed E-state index contributed by atoms with van der Waals surface area (Å²) in [5.41, 5.74) is 1.55. The van der Waals surface area contributed by atoms with Gasteiger partial charge in [-0.2, -0.15) is 4.98 Å². The number of hydrogen-bond acceptors (Lipinski definition) is 9. The number of H-pyrrole nitrogens is 2. The summed E-state index contributed by atoms with van der Waals surface area (Å²) in [6, 6.07) is 5.57. The molecule has 1 saturated heterocycles. The maximum Gasteiger partial charge on any atom is 0.293 e. The fourth-order valence-electron chi connectivity index (χ4n) is 3.79. The Balaban J connectivity index is 1.41. The van der Waals surface area contributed by atoms with Crippen LogP contribution >= 0.6 is 0 Å². The molecule has 4 aromatic heterocycles. The number of imidazole rings is 1. The zero-order valence-corrected chi connectivity index (χ0v) is 19.0. The third kappa shape index (κ3) is 4.80. The zero-order chi connectivity index (χ0) is 24.2. The van der Waals surface area contributed by atoms with E-state index in [1.165, 1.54) is 13.3 Å². The summed E-state index contributed by atoms with van der Waals surface area (Å²) in [6.45, 7) is 2.59. The number of anilines is 1. The van der Waals surface area contributed by atoms with Gasteiger partial charge in [-0.15, -0.1) is 0 Å². The smallest absolute Gasteiger partial charge is 0.293 e. The van der Waals surface area contributed by atoms with Gasteiger partial charge in [-0.05, 0) is 12.1 Å². The summed E-state index contributed by atoms with van der Waals surface area (Å²) in [6.07, 6.45) is 4.71. The topological polar surface area (TPSA) is 155 Å². The van der Waals surface area contributed by atoms with Crippen molar-refractivity contribution in [3.8, 4) is 17.3 Å². The number of rotatable bonds is 7. The van der Waals surface area contributed by atoms with Crippen LogP contribution in [0.25, 0.3) is 22.7 Å². The molecule has 0 spiro atoms. The van der Waals surface area contributed by atoms with Crippen molar-refractivity contribution in [3.63, 3.8) is 0 Å². The second kappa shape index (κ2) is 9.85. The van der Waals surface area contributed by atoms with Crippen LogP contribution in [0.3, 0.4) is 0 Å². The van der Waals surface area contributed by atoms with Crippen molar-refractivity contribution in [2.75, 3.05) is 38.3 Å². The highest BCUT2D eigenvalue weighted by molar-refractivity contribution is 5.83. The summed E-state index contributed by atoms with van der Waals surface area (Å²) >= 11 is 0. The molecule has 0 unspecified atom stereocenters. The molecule has 5 rings (SSSR count). The predicted octanol–water partition coefficient (Wildman–Crippen LogP) is -0.448. The minimum absolute atomic E-state index is 0.0179. The number of ether oxygens (including phenoxy) is 2. The number of hydrogen-bond donors (Lipinski definition) is 3. The maximum atomic E-state index is 12.7. The number of morpholine rings is 1. The van der Waals surface area contributed by atoms with E-state index in [0.717, 1.165) is 0 Å². The molecule has 180 valence electrons. The van der Waals surface area contributed by atoms with Crippen molar-refractivity contribution in [3.05, 3.63) is 53.1 Å². The molecule has 1 aliphatic rings. The van der Waals surface area contributed by atoms with Crippen LogP contribution in [0.1, 0.15) is 5.82 Å². The molecule has 1 aliphatic heterocycles. The number of aromatic amines is 2. The van der Waals surface area contributed by atoms with Crippen LogP contribution in [0.15, 0.2) is 41.7 Å². The highest BCUT2D eigenvalue weighted by Crippen LogP contribution is 2.24. The van der Waals surface area contributed by atoms with Gasteiger partial charge < -0.3 is 24.7 Å². The van der Waals surface area contributed by atoms with Crippen LogP contribution in [0.2, 0.25) is 0 Å². The molecular formula is C22H24N9O4+. The van der Waals surface area contributed by atoms with E-state index >= 15 is 0 Å². The zero-order valence-electron chi connectivity index (χ0n) is 19.0. The van der Waals surface area contributed by atoms with Gasteiger partial charge in [-0.3, -0.25) is 14.6 Å². The first-order valence-corrected chi connectivity index (χ1v) is 11.0. The number of aromatic nitrogens is 7. The van der Waals surface area contributed by atoms with E-state index < -0.39 is 5.56 Å². The second-order valence-corrected chi connectivity index (χ2v) is 7.79. The Morgan fingerprint density at radius 3 is 2.86 bits per heavy atom. The molecule has 13 nitrogen and oxygen atoms in total. The summed E-state index contributed by atoms with van der Waals surface area (Å²) < 4.78 is 12.2. The van der Waals surface area contributed by atoms with Crippen molar-refractivity contribution in [2.45, 2.75) is 13.1 Å². The lowest BCUT2D eigenvalue weighted by Gasteiger charge is -2.27. The summed E-state index contributed by atoms with van der Waals surface area (Å²) in [7, 11) is 1.39.